The molecule has 0 heterocycles. The molecule has 0 atom stereocenters. The Morgan fingerprint density at radius 3 is 1.09 bits per heavy atom. The zero-order valence-corrected chi connectivity index (χ0v) is 19.1. The molecule has 0 aliphatic heterocycles. The Bertz CT molecular complexity index is 190. The molecule has 0 saturated heterocycles. The second-order valence-electron chi connectivity index (χ2n) is 7.07. The molecule has 0 aromatic carbocycles. The Hall–Kier alpha value is 0.662. The number of unbranched alkanes of at least 4 members (excludes halogenated alkanes) is 9. The van der Waals surface area contributed by atoms with E-state index in [1.165, 1.54) is 77.0 Å². The maximum absolute atomic E-state index is 2.39. The second kappa shape index (κ2) is 16.5. The molecular weight excluding hydrogens is 438 g/mol. The summed E-state index contributed by atoms with van der Waals surface area (Å²) >= 11 is -1.67. The van der Waals surface area contributed by atoms with Crippen LogP contribution in [0.4, 0.5) is 0 Å². The van der Waals surface area contributed by atoms with Gasteiger partial charge in [-0.25, -0.2) is 0 Å². The van der Waals surface area contributed by atoms with E-state index >= 15 is 0 Å². The van der Waals surface area contributed by atoms with Gasteiger partial charge in [-0.05, 0) is 0 Å². The second-order valence-corrected chi connectivity index (χ2v) is 20.7. The zero-order chi connectivity index (χ0) is 16.5. The van der Waals surface area contributed by atoms with Crippen LogP contribution in [0.3, 0.4) is 0 Å². The molecule has 0 fully saturated rings. The number of hydrogen-bond donors (Lipinski definition) is 0. The summed E-state index contributed by atoms with van der Waals surface area (Å²) in [5, 5.41) is 0. The number of rotatable bonds is 17. The van der Waals surface area contributed by atoms with Gasteiger partial charge >= 0.3 is 146 Å². The van der Waals surface area contributed by atoms with Crippen LogP contribution in [0.5, 0.6) is 0 Å². The third kappa shape index (κ3) is 12.1. The van der Waals surface area contributed by atoms with Gasteiger partial charge < -0.3 is 0 Å². The molecule has 137 valence electrons. The molecular formula is C21H46Re. The van der Waals surface area contributed by atoms with E-state index in [0.717, 1.165) is 0 Å². The van der Waals surface area contributed by atoms with Crippen LogP contribution in [-0.4, -0.2) is 0 Å². The van der Waals surface area contributed by atoms with E-state index in [2.05, 4.69) is 27.7 Å². The average Bonchev–Trinajstić information content (AvgIpc) is 2.55. The first-order valence-corrected chi connectivity index (χ1v) is 18.1. The molecule has 0 saturated carbocycles. The van der Waals surface area contributed by atoms with Crippen LogP contribution in [0.2, 0.25) is 19.6 Å². The van der Waals surface area contributed by atoms with Gasteiger partial charge in [0.1, 0.15) is 0 Å². The SMILES string of the molecule is CCCCCCCC[CH2][Re]([CH2]CCC)([CH2]CCC)[CH2]CCC. The van der Waals surface area contributed by atoms with E-state index in [1.807, 2.05) is 0 Å². The van der Waals surface area contributed by atoms with E-state index in [4.69, 9.17) is 0 Å². The van der Waals surface area contributed by atoms with Crippen LogP contribution in [0.15, 0.2) is 0 Å². The molecule has 0 aliphatic carbocycles. The molecule has 1 heteroatoms. The third-order valence-electron chi connectivity index (χ3n) is 4.80. The molecule has 0 spiro atoms. The Morgan fingerprint density at radius 1 is 0.364 bits per heavy atom. The predicted molar refractivity (Wildman–Crippen MR) is 102 cm³/mol. The zero-order valence-electron chi connectivity index (χ0n) is 16.4. The quantitative estimate of drug-likeness (QED) is 0.181. The first kappa shape index (κ1) is 22.7. The van der Waals surface area contributed by atoms with Crippen LogP contribution >= 0.6 is 0 Å². The topological polar surface area (TPSA) is 0 Å². The van der Waals surface area contributed by atoms with E-state index in [-0.39, 0.29) is 0 Å². The van der Waals surface area contributed by atoms with Crippen LogP contribution in [0.25, 0.3) is 0 Å². The molecule has 22 heavy (non-hydrogen) atoms. The molecule has 0 aromatic rings. The van der Waals surface area contributed by atoms with Gasteiger partial charge in [0.05, 0.1) is 0 Å². The van der Waals surface area contributed by atoms with Crippen molar-refractivity contribution in [3.05, 3.63) is 0 Å². The van der Waals surface area contributed by atoms with Crippen molar-refractivity contribution in [1.82, 2.24) is 0 Å². The van der Waals surface area contributed by atoms with Gasteiger partial charge in [0, 0.05) is 0 Å². The van der Waals surface area contributed by atoms with E-state index in [1.54, 1.807) is 26.0 Å². The van der Waals surface area contributed by atoms with Crippen LogP contribution in [0, 0.1) is 0 Å². The molecule has 0 rings (SSSR count). The fourth-order valence-electron chi connectivity index (χ4n) is 3.15. The first-order chi connectivity index (χ1) is 10.7. The normalized spacial score (nSPS) is 12.7. The number of hydrogen-bond acceptors (Lipinski definition) is 0. The van der Waals surface area contributed by atoms with Gasteiger partial charge in [0.25, 0.3) is 0 Å². The van der Waals surface area contributed by atoms with Gasteiger partial charge in [-0.3, -0.25) is 0 Å². The summed E-state index contributed by atoms with van der Waals surface area (Å²) in [6.07, 6.45) is 19.3. The molecule has 0 aliphatic rings. The summed E-state index contributed by atoms with van der Waals surface area (Å²) in [6.45, 7) is 9.49. The van der Waals surface area contributed by atoms with Crippen molar-refractivity contribution >= 4 is 0 Å². The van der Waals surface area contributed by atoms with Gasteiger partial charge in [-0.1, -0.05) is 0 Å². The first-order valence-electron chi connectivity index (χ1n) is 10.4. The third-order valence-corrected chi connectivity index (χ3v) is 20.2. The van der Waals surface area contributed by atoms with Crippen LogP contribution in [-0.2, 0) is 15.5 Å². The van der Waals surface area contributed by atoms with Crippen molar-refractivity contribution in [2.75, 3.05) is 0 Å². The molecule has 0 nitrogen and oxygen atoms in total. The summed E-state index contributed by atoms with van der Waals surface area (Å²) in [6, 6.07) is 0. The minimum atomic E-state index is -1.67. The van der Waals surface area contributed by atoms with Crippen LogP contribution in [0.1, 0.15) is 111 Å². The summed E-state index contributed by atoms with van der Waals surface area (Å²) < 4.78 is 0. The van der Waals surface area contributed by atoms with E-state index < -0.39 is 15.5 Å². The molecule has 0 N–H and O–H groups in total. The predicted octanol–water partition coefficient (Wildman–Crippen LogP) is 8.96. The van der Waals surface area contributed by atoms with Crippen molar-refractivity contribution in [3.8, 4) is 0 Å². The van der Waals surface area contributed by atoms with Gasteiger partial charge in [0.15, 0.2) is 0 Å². The Labute approximate surface area is 146 Å². The Morgan fingerprint density at radius 2 is 0.682 bits per heavy atom. The Kier molecular flexibility index (Phi) is 17.0. The van der Waals surface area contributed by atoms with Gasteiger partial charge in [-0.2, -0.15) is 0 Å². The van der Waals surface area contributed by atoms with Crippen LogP contribution < -0.4 is 0 Å². The summed E-state index contributed by atoms with van der Waals surface area (Å²) in [4.78, 5) is 6.82. The van der Waals surface area contributed by atoms with Gasteiger partial charge in [0.2, 0.25) is 0 Å². The van der Waals surface area contributed by atoms with Gasteiger partial charge in [-0.15, -0.1) is 0 Å². The average molecular weight is 485 g/mol. The fraction of sp³-hybridized carbons (Fsp3) is 1.00. The monoisotopic (exact) mass is 485 g/mol. The van der Waals surface area contributed by atoms with Crippen molar-refractivity contribution < 1.29 is 15.5 Å². The van der Waals surface area contributed by atoms with Crippen molar-refractivity contribution in [3.63, 3.8) is 0 Å². The maximum atomic E-state index is 2.39. The molecule has 0 aromatic heterocycles. The molecule has 0 unspecified atom stereocenters. The van der Waals surface area contributed by atoms with E-state index in [9.17, 15) is 0 Å². The standard InChI is InChI=1S/C9H19.3C4H9.Re/c1-3-5-7-9-8-6-4-2;3*1-3-4-2;/h1,3-9H2,2H3;3*1,3-4H2,2H3;. The van der Waals surface area contributed by atoms with Crippen molar-refractivity contribution in [2.45, 2.75) is 131 Å². The molecule has 0 radical (unpaired) electrons. The van der Waals surface area contributed by atoms with Crippen molar-refractivity contribution in [2.24, 2.45) is 0 Å². The van der Waals surface area contributed by atoms with E-state index in [0.29, 0.717) is 0 Å². The summed E-state index contributed by atoms with van der Waals surface area (Å²) in [7, 11) is 0. The minimum absolute atomic E-state index is 1.38. The van der Waals surface area contributed by atoms with Crippen molar-refractivity contribution in [1.29, 1.82) is 0 Å². The fourth-order valence-corrected chi connectivity index (χ4v) is 18.9. The summed E-state index contributed by atoms with van der Waals surface area (Å²) in [5.41, 5.74) is 0. The molecule has 0 bridgehead atoms. The molecule has 0 amide bonds. The summed E-state index contributed by atoms with van der Waals surface area (Å²) in [5.74, 6) is 0. The Balaban J connectivity index is 4.21.